The van der Waals surface area contributed by atoms with E-state index in [4.69, 9.17) is 0 Å². The van der Waals surface area contributed by atoms with E-state index in [0.717, 1.165) is 26.1 Å². The quantitative estimate of drug-likeness (QED) is 0.902. The Morgan fingerprint density at radius 3 is 2.71 bits per heavy atom. The summed E-state index contributed by atoms with van der Waals surface area (Å²) in [6.07, 6.45) is 0.993. The molecule has 1 aliphatic heterocycles. The molecule has 3 heteroatoms. The maximum atomic E-state index is 12.2. The fourth-order valence-electron chi connectivity index (χ4n) is 3.16. The summed E-state index contributed by atoms with van der Waals surface area (Å²) >= 11 is 0. The van der Waals surface area contributed by atoms with Crippen molar-refractivity contribution in [2.45, 2.75) is 12.3 Å². The Bertz CT molecular complexity index is 678. The van der Waals surface area contributed by atoms with Gasteiger partial charge in [-0.05, 0) is 28.7 Å². The third-order valence-electron chi connectivity index (χ3n) is 4.76. The minimum Gasteiger partial charge on any atom is -0.355 e. The highest BCUT2D eigenvalue weighted by molar-refractivity contribution is 5.85. The van der Waals surface area contributed by atoms with Gasteiger partial charge in [0, 0.05) is 31.5 Å². The summed E-state index contributed by atoms with van der Waals surface area (Å²) in [5.74, 6) is 1.46. The van der Waals surface area contributed by atoms with E-state index < -0.39 is 0 Å². The first-order valence-corrected chi connectivity index (χ1v) is 7.78. The Balaban J connectivity index is 1.41. The number of nitrogens with one attached hydrogen (secondary N) is 2. The molecule has 21 heavy (non-hydrogen) atoms. The molecule has 1 saturated carbocycles. The molecule has 2 aromatic rings. The maximum Gasteiger partial charge on any atom is 0.223 e. The van der Waals surface area contributed by atoms with Crippen molar-refractivity contribution in [2.75, 3.05) is 19.6 Å². The molecule has 4 rings (SSSR count). The van der Waals surface area contributed by atoms with E-state index >= 15 is 0 Å². The lowest BCUT2D eigenvalue weighted by atomic mass is 10.0. The second-order valence-electron chi connectivity index (χ2n) is 6.32. The summed E-state index contributed by atoms with van der Waals surface area (Å²) < 4.78 is 0. The van der Waals surface area contributed by atoms with Crippen LogP contribution in [0.25, 0.3) is 10.8 Å². The lowest BCUT2D eigenvalue weighted by Gasteiger charge is -2.27. The van der Waals surface area contributed by atoms with E-state index in [1.165, 1.54) is 16.3 Å². The summed E-state index contributed by atoms with van der Waals surface area (Å²) in [5, 5.41) is 8.86. The zero-order chi connectivity index (χ0) is 14.2. The molecule has 1 amide bonds. The first-order valence-electron chi connectivity index (χ1n) is 7.78. The Morgan fingerprint density at radius 2 is 1.95 bits per heavy atom. The molecule has 2 atom stereocenters. The molecule has 2 aromatic carbocycles. The van der Waals surface area contributed by atoms with Crippen LogP contribution in [0.4, 0.5) is 0 Å². The third kappa shape index (κ3) is 2.54. The van der Waals surface area contributed by atoms with E-state index in [9.17, 15) is 4.79 Å². The van der Waals surface area contributed by atoms with Crippen LogP contribution in [0.1, 0.15) is 17.9 Å². The minimum atomic E-state index is 0.180. The van der Waals surface area contributed by atoms with Crippen LogP contribution in [-0.4, -0.2) is 25.5 Å². The topological polar surface area (TPSA) is 41.1 Å². The molecule has 108 valence electrons. The smallest absolute Gasteiger partial charge is 0.223 e. The molecule has 1 aliphatic carbocycles. The van der Waals surface area contributed by atoms with Gasteiger partial charge in [-0.3, -0.25) is 4.79 Å². The van der Waals surface area contributed by atoms with Gasteiger partial charge in [-0.15, -0.1) is 0 Å². The Kier molecular flexibility index (Phi) is 3.15. The Hall–Kier alpha value is -1.87. The van der Waals surface area contributed by atoms with Crippen LogP contribution in [0.5, 0.6) is 0 Å². The highest BCUT2D eigenvalue weighted by Gasteiger charge is 2.43. The zero-order valence-electron chi connectivity index (χ0n) is 12.0. The summed E-state index contributed by atoms with van der Waals surface area (Å²) in [6, 6.07) is 15.0. The highest BCUT2D eigenvalue weighted by atomic mass is 16.2. The summed E-state index contributed by atoms with van der Waals surface area (Å²) in [6.45, 7) is 2.91. The normalized spacial score (nSPS) is 24.6. The average Bonchev–Trinajstić information content (AvgIpc) is 3.25. The van der Waals surface area contributed by atoms with E-state index in [2.05, 4.69) is 53.1 Å². The number of hydrogen-bond acceptors (Lipinski definition) is 2. The Morgan fingerprint density at radius 1 is 1.14 bits per heavy atom. The Labute approximate surface area is 124 Å². The van der Waals surface area contributed by atoms with Crippen molar-refractivity contribution in [1.82, 2.24) is 10.6 Å². The molecule has 0 radical (unpaired) electrons. The molecular formula is C18H20N2O. The van der Waals surface area contributed by atoms with Crippen molar-refractivity contribution in [3.05, 3.63) is 48.0 Å². The number of benzene rings is 2. The molecule has 0 spiro atoms. The molecule has 1 saturated heterocycles. The standard InChI is InChI=1S/C18H20N2O/c21-18(20-11-12-9-19-10-12)17-8-16(17)15-6-5-13-3-1-2-4-14(13)7-15/h1-7,12,16-17,19H,8-11H2,(H,20,21). The lowest BCUT2D eigenvalue weighted by Crippen LogP contribution is -2.48. The lowest BCUT2D eigenvalue weighted by molar-refractivity contribution is -0.122. The van der Waals surface area contributed by atoms with Crippen molar-refractivity contribution >= 4 is 16.7 Å². The summed E-state index contributed by atoms with van der Waals surface area (Å²) in [7, 11) is 0. The molecular weight excluding hydrogens is 260 g/mol. The van der Waals surface area contributed by atoms with E-state index in [1.807, 2.05) is 0 Å². The summed E-state index contributed by atoms with van der Waals surface area (Å²) in [4.78, 5) is 12.2. The minimum absolute atomic E-state index is 0.180. The number of carbonyl (C=O) groups excluding carboxylic acids is 1. The van der Waals surface area contributed by atoms with Gasteiger partial charge < -0.3 is 10.6 Å². The fraction of sp³-hybridized carbons (Fsp3) is 0.389. The van der Waals surface area contributed by atoms with Crippen molar-refractivity contribution in [3.63, 3.8) is 0 Å². The van der Waals surface area contributed by atoms with Crippen LogP contribution in [0, 0.1) is 11.8 Å². The zero-order valence-corrected chi connectivity index (χ0v) is 12.0. The molecule has 2 fully saturated rings. The second-order valence-corrected chi connectivity index (χ2v) is 6.32. The molecule has 2 unspecified atom stereocenters. The third-order valence-corrected chi connectivity index (χ3v) is 4.76. The van der Waals surface area contributed by atoms with E-state index in [-0.39, 0.29) is 11.8 Å². The first-order chi connectivity index (χ1) is 10.3. The monoisotopic (exact) mass is 280 g/mol. The SMILES string of the molecule is O=C(NCC1CNC1)C1CC1c1ccc2ccccc2c1. The molecule has 3 nitrogen and oxygen atoms in total. The average molecular weight is 280 g/mol. The van der Waals surface area contributed by atoms with Gasteiger partial charge >= 0.3 is 0 Å². The fourth-order valence-corrected chi connectivity index (χ4v) is 3.16. The van der Waals surface area contributed by atoms with Gasteiger partial charge in [0.25, 0.3) is 0 Å². The van der Waals surface area contributed by atoms with Crippen molar-refractivity contribution in [1.29, 1.82) is 0 Å². The van der Waals surface area contributed by atoms with Crippen molar-refractivity contribution in [3.8, 4) is 0 Å². The van der Waals surface area contributed by atoms with Gasteiger partial charge in [0.15, 0.2) is 0 Å². The van der Waals surface area contributed by atoms with Gasteiger partial charge in [-0.1, -0.05) is 42.5 Å². The maximum absolute atomic E-state index is 12.2. The van der Waals surface area contributed by atoms with Gasteiger partial charge in [0.05, 0.1) is 0 Å². The highest BCUT2D eigenvalue weighted by Crippen LogP contribution is 2.48. The van der Waals surface area contributed by atoms with Crippen LogP contribution in [0.15, 0.2) is 42.5 Å². The van der Waals surface area contributed by atoms with Crippen LogP contribution in [-0.2, 0) is 4.79 Å². The van der Waals surface area contributed by atoms with Crippen LogP contribution in [0.3, 0.4) is 0 Å². The predicted octanol–water partition coefficient (Wildman–Crippen LogP) is 2.28. The molecule has 1 heterocycles. The van der Waals surface area contributed by atoms with Crippen LogP contribution in [0.2, 0.25) is 0 Å². The van der Waals surface area contributed by atoms with Crippen molar-refractivity contribution in [2.24, 2.45) is 11.8 Å². The predicted molar refractivity (Wildman–Crippen MR) is 84.2 cm³/mol. The van der Waals surface area contributed by atoms with Crippen molar-refractivity contribution < 1.29 is 4.79 Å². The van der Waals surface area contributed by atoms with Crippen LogP contribution < -0.4 is 10.6 Å². The van der Waals surface area contributed by atoms with Gasteiger partial charge in [-0.25, -0.2) is 0 Å². The van der Waals surface area contributed by atoms with Gasteiger partial charge in [-0.2, -0.15) is 0 Å². The molecule has 0 bridgehead atoms. The first kappa shape index (κ1) is 12.8. The second kappa shape index (κ2) is 5.15. The van der Waals surface area contributed by atoms with E-state index in [1.54, 1.807) is 0 Å². The molecule has 2 N–H and O–H groups in total. The number of rotatable bonds is 4. The largest absolute Gasteiger partial charge is 0.355 e. The van der Waals surface area contributed by atoms with Gasteiger partial charge in [0.1, 0.15) is 0 Å². The van der Waals surface area contributed by atoms with Crippen LogP contribution >= 0.6 is 0 Å². The molecule has 0 aromatic heterocycles. The number of hydrogen-bond donors (Lipinski definition) is 2. The van der Waals surface area contributed by atoms with Gasteiger partial charge in [0.2, 0.25) is 5.91 Å². The summed E-state index contributed by atoms with van der Waals surface area (Å²) in [5.41, 5.74) is 1.30. The van der Waals surface area contributed by atoms with E-state index in [0.29, 0.717) is 11.8 Å². The number of carbonyl (C=O) groups is 1. The number of fused-ring (bicyclic) bond motifs is 1. The number of amides is 1. The molecule has 2 aliphatic rings.